The summed E-state index contributed by atoms with van der Waals surface area (Å²) in [5.41, 5.74) is -4.93. The third-order valence-electron chi connectivity index (χ3n) is 10.3. The van der Waals surface area contributed by atoms with Gasteiger partial charge < -0.3 is 5.11 Å². The number of hydrogen-bond acceptors (Lipinski definition) is 5. The summed E-state index contributed by atoms with van der Waals surface area (Å²) in [6.07, 6.45) is 1.26. The van der Waals surface area contributed by atoms with Crippen molar-refractivity contribution in [1.29, 1.82) is 0 Å². The molecular formula is C28H30ClF2NO4. The molecule has 0 radical (unpaired) electrons. The average Bonchev–Trinajstić information content (AvgIpc) is 3.32. The largest absolute Gasteiger partial charge is 0.390 e. The molecule has 9 atom stereocenters. The first-order chi connectivity index (χ1) is 16.9. The number of carbonyl (C=O) groups excluding carboxylic acids is 2. The van der Waals surface area contributed by atoms with Crippen molar-refractivity contribution in [2.45, 2.75) is 63.6 Å². The molecule has 1 saturated heterocycles. The van der Waals surface area contributed by atoms with Crippen molar-refractivity contribution in [2.75, 3.05) is 11.6 Å². The molecule has 8 heteroatoms. The summed E-state index contributed by atoms with van der Waals surface area (Å²) < 4.78 is 33.0. The monoisotopic (exact) mass is 517 g/mol. The highest BCUT2D eigenvalue weighted by Crippen LogP contribution is 2.72. The van der Waals surface area contributed by atoms with Gasteiger partial charge in [0, 0.05) is 27.7 Å². The number of rotatable bonds is 2. The molecule has 0 aromatic heterocycles. The van der Waals surface area contributed by atoms with E-state index in [1.807, 2.05) is 19.1 Å². The number of aliphatic hydroxyl groups is 1. The third-order valence-corrected chi connectivity index (χ3v) is 10.5. The molecule has 192 valence electrons. The summed E-state index contributed by atoms with van der Waals surface area (Å²) in [5, 5.41) is 13.8. The van der Waals surface area contributed by atoms with Crippen LogP contribution in [0, 0.1) is 28.6 Å². The highest BCUT2D eigenvalue weighted by Gasteiger charge is 2.79. The fourth-order valence-electron chi connectivity index (χ4n) is 8.67. The molecule has 1 aliphatic heterocycles. The standard InChI is InChI=1S/C28H30ClF2NO4/c1-15(33)28-16(14-32(36-28)18-6-4-17(29)5-7-18)10-20-21-12-23(30)22-11-19(34)8-9-25(22,2)27(21,31)24(35)13-26(20,28)3/h4-9,11,16,20-21,23-24,35H,10,12-14H2,1-3H3/t16-,20-,21?,23-,24-,25-,26-,27-,28+/m0/s1. The number of fused-ring (bicyclic) bond motifs is 7. The van der Waals surface area contributed by atoms with Gasteiger partial charge in [0.15, 0.2) is 22.8 Å². The fourth-order valence-corrected chi connectivity index (χ4v) is 8.79. The van der Waals surface area contributed by atoms with E-state index in [-0.39, 0.29) is 41.8 Å². The lowest BCUT2D eigenvalue weighted by molar-refractivity contribution is -0.226. The molecule has 4 fully saturated rings. The molecule has 5 aliphatic rings. The van der Waals surface area contributed by atoms with Crippen molar-refractivity contribution in [3.05, 3.63) is 53.1 Å². The van der Waals surface area contributed by atoms with Gasteiger partial charge in [-0.3, -0.25) is 19.5 Å². The van der Waals surface area contributed by atoms with E-state index in [1.54, 1.807) is 24.1 Å². The lowest BCUT2D eigenvalue weighted by Gasteiger charge is -2.63. The summed E-state index contributed by atoms with van der Waals surface area (Å²) in [6, 6.07) is 7.14. The van der Waals surface area contributed by atoms with E-state index < -0.39 is 40.3 Å². The number of carbonyl (C=O) groups is 2. The third kappa shape index (κ3) is 2.72. The van der Waals surface area contributed by atoms with E-state index in [1.165, 1.54) is 25.2 Å². The smallest absolute Gasteiger partial charge is 0.178 e. The number of halogens is 3. The number of allylic oxidation sites excluding steroid dienone is 4. The topological polar surface area (TPSA) is 66.8 Å². The molecular weight excluding hydrogens is 488 g/mol. The van der Waals surface area contributed by atoms with Gasteiger partial charge in [-0.15, -0.1) is 0 Å². The number of hydrogen-bond donors (Lipinski definition) is 1. The zero-order valence-corrected chi connectivity index (χ0v) is 21.3. The summed E-state index contributed by atoms with van der Waals surface area (Å²) >= 11 is 6.04. The van der Waals surface area contributed by atoms with Gasteiger partial charge in [0.2, 0.25) is 0 Å². The zero-order valence-electron chi connectivity index (χ0n) is 20.5. The number of nitrogens with zero attached hydrogens (tertiary/aromatic N) is 1. The van der Waals surface area contributed by atoms with Crippen molar-refractivity contribution in [3.63, 3.8) is 0 Å². The lowest BCUT2D eigenvalue weighted by atomic mass is 9.44. The molecule has 1 N–H and O–H groups in total. The number of hydroxylamine groups is 1. The molecule has 6 rings (SSSR count). The van der Waals surface area contributed by atoms with Crippen LogP contribution in [0.3, 0.4) is 0 Å². The van der Waals surface area contributed by atoms with Gasteiger partial charge in [-0.25, -0.2) is 8.78 Å². The Labute approximate surface area is 214 Å². The van der Waals surface area contributed by atoms with Crippen LogP contribution in [0.15, 0.2) is 48.1 Å². The second-order valence-corrected chi connectivity index (χ2v) is 12.1. The maximum absolute atomic E-state index is 17.4. The van der Waals surface area contributed by atoms with Crippen LogP contribution in [0.5, 0.6) is 0 Å². The number of benzene rings is 1. The number of alkyl halides is 2. The minimum absolute atomic E-state index is 0.00316. The maximum atomic E-state index is 17.4. The van der Waals surface area contributed by atoms with Crippen molar-refractivity contribution >= 4 is 28.9 Å². The molecule has 1 aromatic rings. The van der Waals surface area contributed by atoms with Gasteiger partial charge >= 0.3 is 0 Å². The van der Waals surface area contributed by atoms with E-state index in [4.69, 9.17) is 16.4 Å². The van der Waals surface area contributed by atoms with Crippen molar-refractivity contribution in [1.82, 2.24) is 0 Å². The summed E-state index contributed by atoms with van der Waals surface area (Å²) in [6.45, 7) is 5.40. The molecule has 1 unspecified atom stereocenters. The average molecular weight is 518 g/mol. The Kier molecular flexibility index (Phi) is 5.04. The minimum Gasteiger partial charge on any atom is -0.390 e. The first kappa shape index (κ1) is 24.3. The molecule has 36 heavy (non-hydrogen) atoms. The SMILES string of the molecule is CC(=O)[C@@]12ON(c3ccc(Cl)cc3)C[C@@H]1C[C@H]1C3C[C@H](F)C4=CC(=O)C=C[C@]4(C)[C@@]3(F)[C@@H](O)C[C@@]12C. The highest BCUT2D eigenvalue weighted by atomic mass is 35.5. The number of Topliss-reactive ketones (excluding diaryl/α,β-unsaturated/α-hetero) is 1. The number of aliphatic hydroxyl groups excluding tert-OH is 1. The summed E-state index contributed by atoms with van der Waals surface area (Å²) in [4.78, 5) is 31.9. The Morgan fingerprint density at radius 2 is 1.89 bits per heavy atom. The van der Waals surface area contributed by atoms with Crippen LogP contribution in [-0.4, -0.2) is 46.8 Å². The first-order valence-corrected chi connectivity index (χ1v) is 13.0. The van der Waals surface area contributed by atoms with Crippen molar-refractivity contribution in [3.8, 4) is 0 Å². The molecule has 1 aromatic carbocycles. The molecule has 4 aliphatic carbocycles. The summed E-state index contributed by atoms with van der Waals surface area (Å²) in [7, 11) is 0. The molecule has 0 bridgehead atoms. The van der Waals surface area contributed by atoms with Crippen molar-refractivity contribution < 1.29 is 28.3 Å². The van der Waals surface area contributed by atoms with Crippen LogP contribution in [-0.2, 0) is 14.4 Å². The van der Waals surface area contributed by atoms with E-state index in [0.717, 1.165) is 5.69 Å². The van der Waals surface area contributed by atoms with Crippen LogP contribution in [0.4, 0.5) is 14.5 Å². The zero-order chi connectivity index (χ0) is 25.8. The van der Waals surface area contributed by atoms with Gasteiger partial charge in [-0.2, -0.15) is 0 Å². The van der Waals surface area contributed by atoms with E-state index in [9.17, 15) is 14.7 Å². The van der Waals surface area contributed by atoms with E-state index in [2.05, 4.69) is 0 Å². The summed E-state index contributed by atoms with van der Waals surface area (Å²) in [5.74, 6) is -2.01. The number of ketones is 2. The minimum atomic E-state index is -2.17. The second kappa shape index (κ2) is 7.49. The Morgan fingerprint density at radius 3 is 2.56 bits per heavy atom. The van der Waals surface area contributed by atoms with E-state index in [0.29, 0.717) is 18.0 Å². The molecule has 3 saturated carbocycles. The molecule has 5 nitrogen and oxygen atoms in total. The molecule has 0 spiro atoms. The van der Waals surface area contributed by atoms with Crippen LogP contribution in [0.1, 0.15) is 40.0 Å². The first-order valence-electron chi connectivity index (χ1n) is 12.6. The van der Waals surface area contributed by atoms with Crippen LogP contribution in [0.25, 0.3) is 0 Å². The maximum Gasteiger partial charge on any atom is 0.178 e. The van der Waals surface area contributed by atoms with Crippen LogP contribution < -0.4 is 5.06 Å². The van der Waals surface area contributed by atoms with Crippen LogP contribution >= 0.6 is 11.6 Å². The Morgan fingerprint density at radius 1 is 1.19 bits per heavy atom. The normalized spacial score (nSPS) is 47.1. The highest BCUT2D eigenvalue weighted by molar-refractivity contribution is 6.30. The van der Waals surface area contributed by atoms with Gasteiger partial charge in [0.25, 0.3) is 0 Å². The quantitative estimate of drug-likeness (QED) is 0.600. The molecule has 0 amide bonds. The van der Waals surface area contributed by atoms with Gasteiger partial charge in [0.05, 0.1) is 18.3 Å². The van der Waals surface area contributed by atoms with Gasteiger partial charge in [0.1, 0.15) is 6.17 Å². The Balaban J connectivity index is 1.43. The molecule has 1 heterocycles. The second-order valence-electron chi connectivity index (χ2n) is 11.7. The predicted molar refractivity (Wildman–Crippen MR) is 131 cm³/mol. The number of anilines is 1. The van der Waals surface area contributed by atoms with Crippen LogP contribution in [0.2, 0.25) is 5.02 Å². The van der Waals surface area contributed by atoms with Crippen molar-refractivity contribution in [2.24, 2.45) is 28.6 Å². The lowest BCUT2D eigenvalue weighted by Crippen LogP contribution is -2.70. The van der Waals surface area contributed by atoms with E-state index >= 15 is 8.78 Å². The Hall–Kier alpha value is -2.09. The van der Waals surface area contributed by atoms with Gasteiger partial charge in [-0.05, 0) is 81.0 Å². The predicted octanol–water partition coefficient (Wildman–Crippen LogP) is 4.96. The Bertz CT molecular complexity index is 1220. The fraction of sp³-hybridized carbons (Fsp3) is 0.571. The van der Waals surface area contributed by atoms with Gasteiger partial charge in [-0.1, -0.05) is 24.6 Å².